The van der Waals surface area contributed by atoms with Crippen LogP contribution in [0.25, 0.3) is 0 Å². The van der Waals surface area contributed by atoms with Gasteiger partial charge in [0.15, 0.2) is 17.5 Å². The van der Waals surface area contributed by atoms with Crippen molar-refractivity contribution in [2.24, 2.45) is 4.99 Å². The monoisotopic (exact) mass is 390 g/mol. The van der Waals surface area contributed by atoms with E-state index in [2.05, 4.69) is 15.6 Å². The Morgan fingerprint density at radius 2 is 1.96 bits per heavy atom. The van der Waals surface area contributed by atoms with E-state index in [1.807, 2.05) is 12.1 Å². The van der Waals surface area contributed by atoms with E-state index in [-0.39, 0.29) is 24.7 Å². The highest BCUT2D eigenvalue weighted by Crippen LogP contribution is 2.16. The Kier molecular flexibility index (Phi) is 6.30. The molecule has 2 aromatic carbocycles. The lowest BCUT2D eigenvalue weighted by Gasteiger charge is -2.17. The molecule has 1 aliphatic rings. The fourth-order valence-electron chi connectivity index (χ4n) is 3.05. The van der Waals surface area contributed by atoms with Crippen molar-refractivity contribution >= 4 is 12.2 Å². The van der Waals surface area contributed by atoms with Crippen molar-refractivity contribution in [2.75, 3.05) is 20.3 Å². The van der Waals surface area contributed by atoms with Crippen molar-refractivity contribution in [1.82, 2.24) is 15.5 Å². The Bertz CT molecular complexity index is 878. The zero-order chi connectivity index (χ0) is 20.1. The van der Waals surface area contributed by atoms with Crippen molar-refractivity contribution in [3.8, 4) is 0 Å². The second-order valence-corrected chi connectivity index (χ2v) is 6.66. The van der Waals surface area contributed by atoms with Gasteiger partial charge in [0.25, 0.3) is 5.91 Å². The molecule has 1 heterocycles. The molecule has 28 heavy (non-hydrogen) atoms. The van der Waals surface area contributed by atoms with Crippen LogP contribution in [0.5, 0.6) is 0 Å². The van der Waals surface area contributed by atoms with E-state index in [9.17, 15) is 18.0 Å². The molecule has 0 fully saturated rings. The fourth-order valence-corrected chi connectivity index (χ4v) is 3.05. The number of carbonyl (C=O) groups is 1. The second kappa shape index (κ2) is 8.88. The number of benzene rings is 2. The molecule has 0 spiro atoms. The molecule has 2 aromatic rings. The topological polar surface area (TPSA) is 56.7 Å². The molecule has 8 heteroatoms. The number of hydrogen-bond donors (Lipinski definition) is 2. The minimum absolute atomic E-state index is 0.0634. The maximum absolute atomic E-state index is 13.2. The largest absolute Gasteiger partial charge is 0.362 e. The summed E-state index contributed by atoms with van der Waals surface area (Å²) in [4.78, 5) is 17.9. The third-order valence-electron chi connectivity index (χ3n) is 4.44. The van der Waals surface area contributed by atoms with Gasteiger partial charge in [-0.05, 0) is 53.9 Å². The smallest absolute Gasteiger partial charge is 0.252 e. The van der Waals surface area contributed by atoms with Gasteiger partial charge in [0.2, 0.25) is 0 Å². The summed E-state index contributed by atoms with van der Waals surface area (Å²) in [5.41, 5.74) is 3.24. The Balaban J connectivity index is 1.50. The number of aliphatic imine (C=N–C) groups is 1. The van der Waals surface area contributed by atoms with Crippen molar-refractivity contribution in [3.05, 3.63) is 70.0 Å². The zero-order valence-electron chi connectivity index (χ0n) is 15.4. The van der Waals surface area contributed by atoms with Crippen LogP contribution < -0.4 is 10.6 Å². The van der Waals surface area contributed by atoms with Crippen LogP contribution in [0, 0.1) is 17.5 Å². The van der Waals surface area contributed by atoms with Gasteiger partial charge in [-0.2, -0.15) is 0 Å². The number of hydrogen-bond acceptors (Lipinski definition) is 3. The standard InChI is InChI=1S/C20H21F3N4O/c1-27(10-13-6-17(21)19(23)18(22)7-13)12-25-11-26-20(28)15-2-3-16-9-24-5-4-14(16)8-15/h2-3,6-8,12,24H,4-5,9-11H2,1H3,(H,26,28)/b25-12-. The van der Waals surface area contributed by atoms with Crippen LogP contribution in [0.15, 0.2) is 35.3 Å². The highest BCUT2D eigenvalue weighted by molar-refractivity contribution is 5.94. The normalized spacial score (nSPS) is 13.4. The van der Waals surface area contributed by atoms with E-state index >= 15 is 0 Å². The highest BCUT2D eigenvalue weighted by atomic mass is 19.2. The number of nitrogens with zero attached hydrogens (tertiary/aromatic N) is 2. The van der Waals surface area contributed by atoms with Crippen LogP contribution in [0.1, 0.15) is 27.0 Å². The summed E-state index contributed by atoms with van der Waals surface area (Å²) in [6, 6.07) is 7.52. The first kappa shape index (κ1) is 19.9. The second-order valence-electron chi connectivity index (χ2n) is 6.66. The maximum Gasteiger partial charge on any atom is 0.252 e. The van der Waals surface area contributed by atoms with Gasteiger partial charge in [-0.3, -0.25) is 9.79 Å². The fraction of sp³-hybridized carbons (Fsp3) is 0.300. The van der Waals surface area contributed by atoms with Crippen molar-refractivity contribution in [3.63, 3.8) is 0 Å². The van der Waals surface area contributed by atoms with Gasteiger partial charge in [0, 0.05) is 25.7 Å². The number of halogens is 3. The first-order valence-corrected chi connectivity index (χ1v) is 8.88. The van der Waals surface area contributed by atoms with E-state index < -0.39 is 17.5 Å². The average molecular weight is 390 g/mol. The van der Waals surface area contributed by atoms with Crippen LogP contribution in [-0.2, 0) is 19.5 Å². The molecule has 1 aliphatic heterocycles. The van der Waals surface area contributed by atoms with Crippen molar-refractivity contribution in [1.29, 1.82) is 0 Å². The van der Waals surface area contributed by atoms with E-state index in [0.29, 0.717) is 5.56 Å². The summed E-state index contributed by atoms with van der Waals surface area (Å²) in [5, 5.41) is 5.99. The lowest BCUT2D eigenvalue weighted by Crippen LogP contribution is -2.27. The number of carbonyl (C=O) groups excluding carboxylic acids is 1. The molecule has 0 radical (unpaired) electrons. The van der Waals surface area contributed by atoms with Gasteiger partial charge in [-0.1, -0.05) is 6.07 Å². The summed E-state index contributed by atoms with van der Waals surface area (Å²) < 4.78 is 39.4. The first-order chi connectivity index (χ1) is 13.4. The van der Waals surface area contributed by atoms with E-state index in [0.717, 1.165) is 31.6 Å². The molecular weight excluding hydrogens is 369 g/mol. The first-order valence-electron chi connectivity index (χ1n) is 8.88. The molecule has 0 bridgehead atoms. The summed E-state index contributed by atoms with van der Waals surface area (Å²) >= 11 is 0. The van der Waals surface area contributed by atoms with E-state index in [1.165, 1.54) is 17.5 Å². The quantitative estimate of drug-likeness (QED) is 0.453. The molecule has 0 saturated carbocycles. The SMILES string of the molecule is CN(/C=N\CNC(=O)c1ccc2c(c1)CCNC2)Cc1cc(F)c(F)c(F)c1. The van der Waals surface area contributed by atoms with Crippen LogP contribution in [0.2, 0.25) is 0 Å². The van der Waals surface area contributed by atoms with E-state index in [4.69, 9.17) is 0 Å². The number of fused-ring (bicyclic) bond motifs is 1. The minimum Gasteiger partial charge on any atom is -0.362 e. The average Bonchev–Trinajstić information content (AvgIpc) is 2.68. The third kappa shape index (κ3) is 4.89. The predicted molar refractivity (Wildman–Crippen MR) is 100 cm³/mol. The van der Waals surface area contributed by atoms with E-state index in [1.54, 1.807) is 18.0 Å². The Labute approximate surface area is 161 Å². The molecule has 3 rings (SSSR count). The highest BCUT2D eigenvalue weighted by Gasteiger charge is 2.12. The Morgan fingerprint density at radius 1 is 1.21 bits per heavy atom. The molecule has 5 nitrogen and oxygen atoms in total. The summed E-state index contributed by atoms with van der Waals surface area (Å²) in [7, 11) is 1.65. The Morgan fingerprint density at radius 3 is 2.71 bits per heavy atom. The van der Waals surface area contributed by atoms with Gasteiger partial charge >= 0.3 is 0 Å². The third-order valence-corrected chi connectivity index (χ3v) is 4.44. The number of rotatable bonds is 6. The van der Waals surface area contributed by atoms with Gasteiger partial charge in [0.1, 0.15) is 6.67 Å². The van der Waals surface area contributed by atoms with Gasteiger partial charge in [-0.15, -0.1) is 0 Å². The van der Waals surface area contributed by atoms with Crippen LogP contribution >= 0.6 is 0 Å². The van der Waals surface area contributed by atoms with Gasteiger partial charge in [0.05, 0.1) is 6.34 Å². The molecule has 0 unspecified atom stereocenters. The maximum atomic E-state index is 13.2. The lowest BCUT2D eigenvalue weighted by molar-refractivity contribution is 0.0954. The van der Waals surface area contributed by atoms with Crippen molar-refractivity contribution < 1.29 is 18.0 Å². The number of nitrogens with one attached hydrogen (secondary N) is 2. The molecule has 0 atom stereocenters. The van der Waals surface area contributed by atoms with Crippen LogP contribution in [-0.4, -0.2) is 37.4 Å². The molecule has 2 N–H and O–H groups in total. The summed E-state index contributed by atoms with van der Waals surface area (Å²) in [5.74, 6) is -4.16. The lowest BCUT2D eigenvalue weighted by atomic mass is 9.98. The molecule has 1 amide bonds. The summed E-state index contributed by atoms with van der Waals surface area (Å²) in [6.45, 7) is 1.92. The van der Waals surface area contributed by atoms with Gasteiger partial charge < -0.3 is 15.5 Å². The predicted octanol–water partition coefficient (Wildman–Crippen LogP) is 2.60. The molecule has 0 aromatic heterocycles. The number of amides is 1. The van der Waals surface area contributed by atoms with Crippen molar-refractivity contribution in [2.45, 2.75) is 19.5 Å². The summed E-state index contributed by atoms with van der Waals surface area (Å²) in [6.07, 6.45) is 2.34. The Hall–Kier alpha value is -2.87. The van der Waals surface area contributed by atoms with Crippen LogP contribution in [0.3, 0.4) is 0 Å². The van der Waals surface area contributed by atoms with Crippen LogP contribution in [0.4, 0.5) is 13.2 Å². The van der Waals surface area contributed by atoms with Gasteiger partial charge in [-0.25, -0.2) is 13.2 Å². The molecule has 0 aliphatic carbocycles. The minimum atomic E-state index is -1.48. The zero-order valence-corrected chi connectivity index (χ0v) is 15.4. The molecular formula is C20H21F3N4O. The molecule has 0 saturated heterocycles. The molecule has 148 valence electrons.